The first-order valence-corrected chi connectivity index (χ1v) is 9.43. The van der Waals surface area contributed by atoms with Crippen LogP contribution in [0.15, 0.2) is 48.8 Å². The molecule has 26 heavy (non-hydrogen) atoms. The number of halogens is 1. The molecule has 0 unspecified atom stereocenters. The summed E-state index contributed by atoms with van der Waals surface area (Å²) < 4.78 is 4.89. The lowest BCUT2D eigenvalue weighted by atomic mass is 10.2. The van der Waals surface area contributed by atoms with E-state index < -0.39 is 0 Å². The highest BCUT2D eigenvalue weighted by Gasteiger charge is 2.29. The summed E-state index contributed by atoms with van der Waals surface area (Å²) in [6.07, 6.45) is 5.92. The maximum atomic E-state index is 5.96. The predicted molar refractivity (Wildman–Crippen MR) is 105 cm³/mol. The molecule has 1 saturated carbocycles. The van der Waals surface area contributed by atoms with Crippen LogP contribution < -0.4 is 0 Å². The third-order valence-electron chi connectivity index (χ3n) is 4.46. The van der Waals surface area contributed by atoms with Crippen molar-refractivity contribution in [1.82, 2.24) is 24.2 Å². The van der Waals surface area contributed by atoms with Gasteiger partial charge >= 0.3 is 0 Å². The van der Waals surface area contributed by atoms with Gasteiger partial charge in [-0.25, -0.2) is 4.68 Å². The Kier molecular flexibility index (Phi) is 4.89. The van der Waals surface area contributed by atoms with Crippen molar-refractivity contribution >= 4 is 23.8 Å². The molecule has 7 heteroatoms. The molecule has 0 spiro atoms. The highest BCUT2D eigenvalue weighted by molar-refractivity contribution is 7.71. The van der Waals surface area contributed by atoms with Crippen molar-refractivity contribution in [1.29, 1.82) is 0 Å². The zero-order valence-corrected chi connectivity index (χ0v) is 16.1. The number of pyridine rings is 1. The zero-order chi connectivity index (χ0) is 18.1. The molecule has 4 rings (SSSR count). The van der Waals surface area contributed by atoms with Gasteiger partial charge in [-0.3, -0.25) is 14.5 Å². The normalized spacial score (nSPS) is 14.1. The fraction of sp³-hybridized carbons (Fsp3) is 0.316. The van der Waals surface area contributed by atoms with E-state index in [2.05, 4.69) is 21.5 Å². The molecule has 0 N–H and O–H groups in total. The summed E-state index contributed by atoms with van der Waals surface area (Å²) in [5.41, 5.74) is 2.26. The van der Waals surface area contributed by atoms with Crippen LogP contribution in [0.1, 0.15) is 24.4 Å². The van der Waals surface area contributed by atoms with Gasteiger partial charge in [-0.05, 0) is 61.9 Å². The van der Waals surface area contributed by atoms with Crippen LogP contribution in [0.5, 0.6) is 0 Å². The molecule has 3 aromatic rings. The molecule has 1 aliphatic rings. The smallest absolute Gasteiger partial charge is 0.199 e. The average molecular weight is 386 g/mol. The summed E-state index contributed by atoms with van der Waals surface area (Å²) in [6.45, 7) is 1.44. The Morgan fingerprint density at radius 3 is 2.50 bits per heavy atom. The van der Waals surface area contributed by atoms with Crippen molar-refractivity contribution in [3.8, 4) is 11.4 Å². The Hall–Kier alpha value is -2.02. The summed E-state index contributed by atoms with van der Waals surface area (Å²) in [6, 6.07) is 12.4. The van der Waals surface area contributed by atoms with Crippen molar-refractivity contribution in [2.24, 2.45) is 0 Å². The molecule has 0 bridgehead atoms. The van der Waals surface area contributed by atoms with Crippen LogP contribution in [0.4, 0.5) is 0 Å². The van der Waals surface area contributed by atoms with E-state index in [-0.39, 0.29) is 0 Å². The van der Waals surface area contributed by atoms with Crippen LogP contribution in [0.2, 0.25) is 5.02 Å². The third-order valence-corrected chi connectivity index (χ3v) is 5.12. The molecule has 1 aliphatic carbocycles. The standard InChI is InChI=1S/C19H20ClN5S/c1-23(12-14-2-4-16(20)5-3-14)13-24-19(26)25(17-6-7-17)18(22-24)15-8-10-21-11-9-15/h2-5,8-11,17H,6-7,12-13H2,1H3. The minimum atomic E-state index is 0.473. The summed E-state index contributed by atoms with van der Waals surface area (Å²) in [4.78, 5) is 6.30. The van der Waals surface area contributed by atoms with Gasteiger partial charge in [0.1, 0.15) is 0 Å². The van der Waals surface area contributed by atoms with Gasteiger partial charge in [-0.1, -0.05) is 23.7 Å². The number of nitrogens with zero attached hydrogens (tertiary/aromatic N) is 5. The van der Waals surface area contributed by atoms with Gasteiger partial charge in [0.05, 0.1) is 6.67 Å². The Morgan fingerprint density at radius 1 is 1.15 bits per heavy atom. The third kappa shape index (κ3) is 3.72. The molecule has 2 heterocycles. The highest BCUT2D eigenvalue weighted by Crippen LogP contribution is 2.38. The monoisotopic (exact) mass is 385 g/mol. The van der Waals surface area contributed by atoms with Crippen LogP contribution in [0.3, 0.4) is 0 Å². The summed E-state index contributed by atoms with van der Waals surface area (Å²) in [7, 11) is 2.07. The first-order chi connectivity index (χ1) is 12.6. The Bertz CT molecular complexity index is 944. The van der Waals surface area contributed by atoms with Gasteiger partial charge < -0.3 is 0 Å². The number of hydrogen-bond donors (Lipinski definition) is 0. The molecule has 0 atom stereocenters. The molecule has 0 radical (unpaired) electrons. The first kappa shape index (κ1) is 17.4. The molecule has 0 saturated heterocycles. The van der Waals surface area contributed by atoms with E-state index >= 15 is 0 Å². The molecule has 2 aromatic heterocycles. The van der Waals surface area contributed by atoms with E-state index in [4.69, 9.17) is 28.9 Å². The van der Waals surface area contributed by atoms with Crippen LogP contribution in [-0.4, -0.2) is 31.3 Å². The predicted octanol–water partition coefficient (Wildman–Crippen LogP) is 4.55. The van der Waals surface area contributed by atoms with Gasteiger partial charge in [0, 0.05) is 35.6 Å². The maximum absolute atomic E-state index is 5.96. The topological polar surface area (TPSA) is 38.9 Å². The van der Waals surface area contributed by atoms with E-state index in [1.54, 1.807) is 12.4 Å². The molecule has 0 aliphatic heterocycles. The van der Waals surface area contributed by atoms with Crippen LogP contribution in [0.25, 0.3) is 11.4 Å². The number of hydrogen-bond acceptors (Lipinski definition) is 4. The summed E-state index contributed by atoms with van der Waals surface area (Å²) in [5.74, 6) is 0.930. The maximum Gasteiger partial charge on any atom is 0.199 e. The van der Waals surface area contributed by atoms with Crippen LogP contribution >= 0.6 is 23.8 Å². The molecule has 134 valence electrons. The second-order valence-corrected chi connectivity index (χ2v) is 7.53. The van der Waals surface area contributed by atoms with E-state index in [0.29, 0.717) is 12.7 Å². The molecule has 0 amide bonds. The quantitative estimate of drug-likeness (QED) is 0.583. The van der Waals surface area contributed by atoms with E-state index in [0.717, 1.165) is 27.7 Å². The van der Waals surface area contributed by atoms with E-state index in [1.165, 1.54) is 18.4 Å². The molecule has 5 nitrogen and oxygen atoms in total. The number of aromatic nitrogens is 4. The van der Waals surface area contributed by atoms with Gasteiger partial charge in [0.15, 0.2) is 10.6 Å². The highest BCUT2D eigenvalue weighted by atomic mass is 35.5. The van der Waals surface area contributed by atoms with Gasteiger partial charge in [-0.2, -0.15) is 5.10 Å². The number of rotatable bonds is 6. The van der Waals surface area contributed by atoms with Crippen molar-refractivity contribution in [2.45, 2.75) is 32.1 Å². The average Bonchev–Trinajstić information content (AvgIpc) is 3.43. The van der Waals surface area contributed by atoms with Crippen molar-refractivity contribution in [3.05, 3.63) is 64.1 Å². The second kappa shape index (κ2) is 7.31. The second-order valence-electron chi connectivity index (χ2n) is 6.72. The van der Waals surface area contributed by atoms with Gasteiger partial charge in [0.2, 0.25) is 0 Å². The Morgan fingerprint density at radius 2 is 1.85 bits per heavy atom. The van der Waals surface area contributed by atoms with Crippen LogP contribution in [-0.2, 0) is 13.2 Å². The van der Waals surface area contributed by atoms with Crippen LogP contribution in [0, 0.1) is 4.77 Å². The van der Waals surface area contributed by atoms with Gasteiger partial charge in [-0.15, -0.1) is 0 Å². The molecule has 1 aromatic carbocycles. The number of benzene rings is 1. The van der Waals surface area contributed by atoms with Crippen molar-refractivity contribution in [2.75, 3.05) is 7.05 Å². The fourth-order valence-corrected chi connectivity index (χ4v) is 3.51. The fourth-order valence-electron chi connectivity index (χ4n) is 3.05. The summed E-state index contributed by atoms with van der Waals surface area (Å²) >= 11 is 11.7. The SMILES string of the molecule is CN(Cc1ccc(Cl)cc1)Cn1nc(-c2ccncc2)n(C2CC2)c1=S. The van der Waals surface area contributed by atoms with Crippen molar-refractivity contribution < 1.29 is 0 Å². The largest absolute Gasteiger partial charge is 0.297 e. The van der Waals surface area contributed by atoms with E-state index in [9.17, 15) is 0 Å². The first-order valence-electron chi connectivity index (χ1n) is 8.64. The Labute approximate surface area is 162 Å². The minimum Gasteiger partial charge on any atom is -0.297 e. The van der Waals surface area contributed by atoms with Gasteiger partial charge in [0.25, 0.3) is 0 Å². The van der Waals surface area contributed by atoms with E-state index in [1.807, 2.05) is 41.1 Å². The zero-order valence-electron chi connectivity index (χ0n) is 14.5. The minimum absolute atomic E-state index is 0.473. The lowest BCUT2D eigenvalue weighted by molar-refractivity contribution is 0.244. The summed E-state index contributed by atoms with van der Waals surface area (Å²) in [5, 5.41) is 5.58. The molecular weight excluding hydrogens is 366 g/mol. The van der Waals surface area contributed by atoms with Crippen molar-refractivity contribution in [3.63, 3.8) is 0 Å². The lowest BCUT2D eigenvalue weighted by Gasteiger charge is -2.16. The Balaban J connectivity index is 1.58. The lowest BCUT2D eigenvalue weighted by Crippen LogP contribution is -2.22. The molecular formula is C19H20ClN5S. The molecule has 1 fully saturated rings.